The Labute approximate surface area is 180 Å². The zero-order chi connectivity index (χ0) is 22.9. The fourth-order valence-electron chi connectivity index (χ4n) is 3.13. The Hall–Kier alpha value is -3.89. The monoisotopic (exact) mass is 444 g/mol. The molecule has 3 aromatic heterocycles. The van der Waals surface area contributed by atoms with E-state index in [0.29, 0.717) is 28.1 Å². The summed E-state index contributed by atoms with van der Waals surface area (Å²) in [6, 6.07) is 10.3. The topological polar surface area (TPSA) is 86.3 Å². The first-order valence-electron chi connectivity index (χ1n) is 9.71. The predicted octanol–water partition coefficient (Wildman–Crippen LogP) is 3.57. The second-order valence-corrected chi connectivity index (χ2v) is 6.90. The number of hydrogen-bond donors (Lipinski definition) is 1. The van der Waals surface area contributed by atoms with Gasteiger partial charge in [-0.3, -0.25) is 9.48 Å². The standard InChI is InChI=1S/C21H19F3N6O2/c1-3-29-9-8-14(27-29)12-25-20(31)17-11-19-26-16(13-4-6-15(32-2)7-5-13)10-18(21(22,23)24)30(19)28-17/h4-11H,3,12H2,1-2H3,(H,25,31). The number of amides is 1. The molecule has 0 aliphatic rings. The maximum absolute atomic E-state index is 13.7. The number of aryl methyl sites for hydroxylation is 1. The smallest absolute Gasteiger partial charge is 0.433 e. The number of alkyl halides is 3. The fourth-order valence-corrected chi connectivity index (χ4v) is 3.13. The third-order valence-corrected chi connectivity index (χ3v) is 4.79. The summed E-state index contributed by atoms with van der Waals surface area (Å²) in [6.45, 7) is 2.73. The molecule has 0 unspecified atom stereocenters. The number of halogens is 3. The molecule has 0 saturated carbocycles. The molecule has 32 heavy (non-hydrogen) atoms. The van der Waals surface area contributed by atoms with Gasteiger partial charge in [0.2, 0.25) is 0 Å². The van der Waals surface area contributed by atoms with E-state index in [1.165, 1.54) is 13.2 Å². The lowest BCUT2D eigenvalue weighted by atomic mass is 10.1. The molecule has 0 saturated heterocycles. The molecule has 1 N–H and O–H groups in total. The van der Waals surface area contributed by atoms with E-state index in [1.807, 2.05) is 6.92 Å². The summed E-state index contributed by atoms with van der Waals surface area (Å²) in [7, 11) is 1.50. The molecule has 0 fully saturated rings. The number of fused-ring (bicyclic) bond motifs is 1. The Bertz CT molecular complexity index is 1260. The molecule has 0 aliphatic carbocycles. The highest BCUT2D eigenvalue weighted by molar-refractivity contribution is 5.93. The van der Waals surface area contributed by atoms with Crippen LogP contribution in [-0.4, -0.2) is 37.4 Å². The number of carbonyl (C=O) groups excluding carboxylic acids is 1. The van der Waals surface area contributed by atoms with Crippen LogP contribution in [0.2, 0.25) is 0 Å². The van der Waals surface area contributed by atoms with Crippen LogP contribution in [0.25, 0.3) is 16.9 Å². The first kappa shape index (κ1) is 21.3. The summed E-state index contributed by atoms with van der Waals surface area (Å²) in [5.74, 6) is -0.0568. The van der Waals surface area contributed by atoms with Crippen molar-refractivity contribution in [3.05, 3.63) is 65.7 Å². The molecular weight excluding hydrogens is 425 g/mol. The minimum atomic E-state index is -4.70. The Morgan fingerprint density at radius 2 is 1.88 bits per heavy atom. The number of aromatic nitrogens is 5. The van der Waals surface area contributed by atoms with Crippen molar-refractivity contribution in [2.45, 2.75) is 26.2 Å². The first-order valence-corrected chi connectivity index (χ1v) is 9.71. The lowest BCUT2D eigenvalue weighted by Crippen LogP contribution is -2.24. The predicted molar refractivity (Wildman–Crippen MR) is 109 cm³/mol. The average Bonchev–Trinajstić information content (AvgIpc) is 3.43. The molecular formula is C21H19F3N6O2. The van der Waals surface area contributed by atoms with Gasteiger partial charge in [-0.2, -0.15) is 23.4 Å². The summed E-state index contributed by atoms with van der Waals surface area (Å²) in [5, 5.41) is 10.7. The van der Waals surface area contributed by atoms with Crippen molar-refractivity contribution in [1.29, 1.82) is 0 Å². The van der Waals surface area contributed by atoms with Crippen LogP contribution >= 0.6 is 0 Å². The molecule has 1 amide bonds. The molecule has 0 bridgehead atoms. The highest BCUT2D eigenvalue weighted by Crippen LogP contribution is 2.32. The van der Waals surface area contributed by atoms with Gasteiger partial charge in [-0.15, -0.1) is 0 Å². The Kier molecular flexibility index (Phi) is 5.56. The van der Waals surface area contributed by atoms with E-state index in [0.717, 1.165) is 6.07 Å². The summed E-state index contributed by atoms with van der Waals surface area (Å²) < 4.78 is 48.6. The van der Waals surface area contributed by atoms with Gasteiger partial charge in [0.1, 0.15) is 5.75 Å². The number of hydrogen-bond acceptors (Lipinski definition) is 5. The van der Waals surface area contributed by atoms with Crippen molar-refractivity contribution in [1.82, 2.24) is 29.7 Å². The Morgan fingerprint density at radius 3 is 2.50 bits per heavy atom. The zero-order valence-electron chi connectivity index (χ0n) is 17.2. The summed E-state index contributed by atoms with van der Waals surface area (Å²) >= 11 is 0. The molecule has 0 radical (unpaired) electrons. The van der Waals surface area contributed by atoms with Crippen LogP contribution in [-0.2, 0) is 19.3 Å². The normalized spacial score (nSPS) is 11.7. The number of methoxy groups -OCH3 is 1. The minimum absolute atomic E-state index is 0.0916. The number of benzene rings is 1. The molecule has 0 aliphatic heterocycles. The van der Waals surface area contributed by atoms with E-state index in [2.05, 4.69) is 20.5 Å². The van der Waals surface area contributed by atoms with Crippen molar-refractivity contribution in [3.8, 4) is 17.0 Å². The van der Waals surface area contributed by atoms with Crippen molar-refractivity contribution in [2.75, 3.05) is 7.11 Å². The Morgan fingerprint density at radius 1 is 1.12 bits per heavy atom. The summed E-state index contributed by atoms with van der Waals surface area (Å²) in [4.78, 5) is 16.8. The number of rotatable bonds is 6. The number of nitrogens with zero attached hydrogens (tertiary/aromatic N) is 5. The molecule has 4 rings (SSSR count). The minimum Gasteiger partial charge on any atom is -0.497 e. The van der Waals surface area contributed by atoms with Crippen LogP contribution < -0.4 is 10.1 Å². The number of nitrogens with one attached hydrogen (secondary N) is 1. The summed E-state index contributed by atoms with van der Waals surface area (Å²) in [5.41, 5.74) is -0.105. The van der Waals surface area contributed by atoms with Crippen LogP contribution in [0.3, 0.4) is 0 Å². The SMILES string of the molecule is CCn1ccc(CNC(=O)c2cc3nc(-c4ccc(OC)cc4)cc(C(F)(F)F)n3n2)n1. The van der Waals surface area contributed by atoms with Gasteiger partial charge in [0, 0.05) is 24.4 Å². The van der Waals surface area contributed by atoms with Gasteiger partial charge >= 0.3 is 6.18 Å². The van der Waals surface area contributed by atoms with Crippen molar-refractivity contribution in [2.24, 2.45) is 0 Å². The quantitative estimate of drug-likeness (QED) is 0.491. The number of carbonyl (C=O) groups is 1. The van der Waals surface area contributed by atoms with Crippen LogP contribution in [0, 0.1) is 0 Å². The second-order valence-electron chi connectivity index (χ2n) is 6.90. The number of ether oxygens (including phenoxy) is 1. The lowest BCUT2D eigenvalue weighted by Gasteiger charge is -2.11. The lowest BCUT2D eigenvalue weighted by molar-refractivity contribution is -0.142. The van der Waals surface area contributed by atoms with Crippen molar-refractivity contribution < 1.29 is 22.7 Å². The van der Waals surface area contributed by atoms with Gasteiger partial charge in [0.15, 0.2) is 17.0 Å². The molecule has 0 spiro atoms. The third kappa shape index (κ3) is 4.27. The van der Waals surface area contributed by atoms with E-state index in [1.54, 1.807) is 41.2 Å². The fraction of sp³-hybridized carbons (Fsp3) is 0.238. The summed E-state index contributed by atoms with van der Waals surface area (Å²) in [6.07, 6.45) is -2.93. The largest absolute Gasteiger partial charge is 0.497 e. The van der Waals surface area contributed by atoms with E-state index < -0.39 is 17.8 Å². The van der Waals surface area contributed by atoms with E-state index in [4.69, 9.17) is 4.74 Å². The van der Waals surface area contributed by atoms with Crippen LogP contribution in [0.4, 0.5) is 13.2 Å². The maximum Gasteiger partial charge on any atom is 0.433 e. The molecule has 166 valence electrons. The molecule has 4 aromatic rings. The third-order valence-electron chi connectivity index (χ3n) is 4.79. The van der Waals surface area contributed by atoms with Gasteiger partial charge in [-0.1, -0.05) is 0 Å². The van der Waals surface area contributed by atoms with Crippen LogP contribution in [0.1, 0.15) is 28.8 Å². The van der Waals surface area contributed by atoms with Crippen molar-refractivity contribution >= 4 is 11.6 Å². The van der Waals surface area contributed by atoms with E-state index in [-0.39, 0.29) is 23.6 Å². The first-order chi connectivity index (χ1) is 15.3. The highest BCUT2D eigenvalue weighted by Gasteiger charge is 2.35. The molecule has 1 aromatic carbocycles. The van der Waals surface area contributed by atoms with E-state index >= 15 is 0 Å². The van der Waals surface area contributed by atoms with Gasteiger partial charge in [0.05, 0.1) is 25.0 Å². The highest BCUT2D eigenvalue weighted by atomic mass is 19.4. The zero-order valence-corrected chi connectivity index (χ0v) is 17.2. The molecule has 8 nitrogen and oxygen atoms in total. The van der Waals surface area contributed by atoms with Gasteiger partial charge in [-0.25, -0.2) is 9.50 Å². The Balaban J connectivity index is 1.67. The molecule has 11 heteroatoms. The second kappa shape index (κ2) is 8.33. The van der Waals surface area contributed by atoms with Crippen LogP contribution in [0.5, 0.6) is 5.75 Å². The van der Waals surface area contributed by atoms with Gasteiger partial charge < -0.3 is 10.1 Å². The average molecular weight is 444 g/mol. The maximum atomic E-state index is 13.7. The van der Waals surface area contributed by atoms with E-state index in [9.17, 15) is 18.0 Å². The van der Waals surface area contributed by atoms with Crippen molar-refractivity contribution in [3.63, 3.8) is 0 Å². The van der Waals surface area contributed by atoms with Gasteiger partial charge in [0.25, 0.3) is 5.91 Å². The molecule has 0 atom stereocenters. The molecule has 3 heterocycles. The van der Waals surface area contributed by atoms with Gasteiger partial charge in [-0.05, 0) is 43.3 Å². The van der Waals surface area contributed by atoms with Crippen LogP contribution in [0.15, 0.2) is 48.7 Å².